The lowest BCUT2D eigenvalue weighted by molar-refractivity contribution is 0.261. The van der Waals surface area contributed by atoms with E-state index in [2.05, 4.69) is 46.9 Å². The maximum absolute atomic E-state index is 9.63. The second-order valence-electron chi connectivity index (χ2n) is 7.56. The minimum absolute atomic E-state index is 0.0699. The fraction of sp³-hybridized carbons (Fsp3) is 0.360. The van der Waals surface area contributed by atoms with Crippen molar-refractivity contribution in [2.45, 2.75) is 32.7 Å². The highest BCUT2D eigenvalue weighted by atomic mass is 16.5. The van der Waals surface area contributed by atoms with E-state index in [4.69, 9.17) is 4.74 Å². The van der Waals surface area contributed by atoms with Crippen LogP contribution in [0.15, 0.2) is 60.3 Å². The first kappa shape index (κ1) is 23.2. The number of nitriles is 1. The molecule has 0 aliphatic carbocycles. The van der Waals surface area contributed by atoms with E-state index in [1.54, 1.807) is 6.08 Å². The van der Waals surface area contributed by atoms with E-state index in [9.17, 15) is 5.26 Å². The molecule has 30 heavy (non-hydrogen) atoms. The summed E-state index contributed by atoms with van der Waals surface area (Å²) in [4.78, 5) is 6.54. The highest BCUT2D eigenvalue weighted by Gasteiger charge is 2.14. The van der Waals surface area contributed by atoms with Gasteiger partial charge in [0.2, 0.25) is 0 Å². The number of nitrogens with zero attached hydrogens (tertiary/aromatic N) is 3. The summed E-state index contributed by atoms with van der Waals surface area (Å²) >= 11 is 0. The molecule has 2 aromatic rings. The van der Waals surface area contributed by atoms with Crippen molar-refractivity contribution >= 4 is 6.08 Å². The van der Waals surface area contributed by atoms with Gasteiger partial charge in [0.15, 0.2) is 0 Å². The predicted molar refractivity (Wildman–Crippen MR) is 123 cm³/mol. The second-order valence-corrected chi connectivity index (χ2v) is 7.56. The van der Waals surface area contributed by atoms with Gasteiger partial charge >= 0.3 is 0 Å². The Labute approximate surface area is 180 Å². The molecule has 0 spiro atoms. The van der Waals surface area contributed by atoms with Crippen LogP contribution >= 0.6 is 0 Å². The third-order valence-electron chi connectivity index (χ3n) is 4.66. The number of aromatic nitrogens is 1. The SMILES string of the molecule is C=C(NC(CCC)c1ccc(OCCN(C)C)cc1)/C(C#N)=C/c1cccc(C)n1. The van der Waals surface area contributed by atoms with E-state index < -0.39 is 0 Å². The summed E-state index contributed by atoms with van der Waals surface area (Å²) in [7, 11) is 4.05. The average molecular weight is 405 g/mol. The number of hydrogen-bond acceptors (Lipinski definition) is 5. The number of rotatable bonds is 11. The van der Waals surface area contributed by atoms with Gasteiger partial charge in [0.05, 0.1) is 17.3 Å². The Morgan fingerprint density at radius 3 is 2.60 bits per heavy atom. The van der Waals surface area contributed by atoms with Gasteiger partial charge in [0.1, 0.15) is 18.4 Å². The van der Waals surface area contributed by atoms with Gasteiger partial charge in [0, 0.05) is 17.9 Å². The van der Waals surface area contributed by atoms with Gasteiger partial charge < -0.3 is 15.0 Å². The number of hydrogen-bond donors (Lipinski definition) is 1. The molecule has 0 saturated heterocycles. The van der Waals surface area contributed by atoms with Crippen LogP contribution in [0.4, 0.5) is 0 Å². The quantitative estimate of drug-likeness (QED) is 0.427. The number of allylic oxidation sites excluding steroid dienone is 1. The van der Waals surface area contributed by atoms with Crippen LogP contribution in [0.2, 0.25) is 0 Å². The van der Waals surface area contributed by atoms with Gasteiger partial charge in [-0.3, -0.25) is 4.98 Å². The van der Waals surface area contributed by atoms with Gasteiger partial charge in [-0.1, -0.05) is 38.1 Å². The molecular formula is C25H32N4O. The van der Waals surface area contributed by atoms with E-state index in [1.165, 1.54) is 0 Å². The normalized spacial score (nSPS) is 12.3. The lowest BCUT2D eigenvalue weighted by atomic mass is 10.0. The molecule has 1 N–H and O–H groups in total. The third kappa shape index (κ3) is 7.38. The molecule has 158 valence electrons. The van der Waals surface area contributed by atoms with Crippen molar-refractivity contribution in [2.75, 3.05) is 27.2 Å². The molecule has 5 nitrogen and oxygen atoms in total. The molecule has 0 aliphatic heterocycles. The lowest BCUT2D eigenvalue weighted by Gasteiger charge is -2.21. The molecule has 1 aromatic heterocycles. The molecule has 5 heteroatoms. The van der Waals surface area contributed by atoms with Crippen LogP contribution in [0.25, 0.3) is 6.08 Å². The van der Waals surface area contributed by atoms with Gasteiger partial charge in [-0.15, -0.1) is 0 Å². The number of ether oxygens (including phenoxy) is 1. The molecule has 1 atom stereocenters. The Bertz CT molecular complexity index is 894. The summed E-state index contributed by atoms with van der Waals surface area (Å²) in [6.07, 6.45) is 3.71. The Hall–Kier alpha value is -3.10. The maximum Gasteiger partial charge on any atom is 0.119 e. The van der Waals surface area contributed by atoms with Crippen LogP contribution in [0.1, 0.15) is 42.8 Å². The second kappa shape index (κ2) is 11.8. The number of nitrogens with one attached hydrogen (secondary N) is 1. The molecule has 1 aromatic carbocycles. The highest BCUT2D eigenvalue weighted by molar-refractivity contribution is 5.60. The number of benzene rings is 1. The van der Waals surface area contributed by atoms with Gasteiger partial charge in [-0.05, 0) is 63.3 Å². The largest absolute Gasteiger partial charge is 0.492 e. The van der Waals surface area contributed by atoms with E-state index in [0.717, 1.165) is 42.1 Å². The minimum atomic E-state index is 0.0699. The van der Waals surface area contributed by atoms with E-state index in [0.29, 0.717) is 17.9 Å². The van der Waals surface area contributed by atoms with Gasteiger partial charge in [0.25, 0.3) is 0 Å². The summed E-state index contributed by atoms with van der Waals surface area (Å²) in [5.74, 6) is 0.859. The van der Waals surface area contributed by atoms with Crippen LogP contribution in [0, 0.1) is 18.3 Å². The van der Waals surface area contributed by atoms with Gasteiger partial charge in [-0.2, -0.15) is 5.26 Å². The fourth-order valence-corrected chi connectivity index (χ4v) is 3.02. The van der Waals surface area contributed by atoms with E-state index in [-0.39, 0.29) is 6.04 Å². The Morgan fingerprint density at radius 1 is 1.27 bits per heavy atom. The van der Waals surface area contributed by atoms with Crippen molar-refractivity contribution < 1.29 is 4.74 Å². The maximum atomic E-state index is 9.63. The number of aryl methyl sites for hydroxylation is 1. The van der Waals surface area contributed by atoms with Crippen LogP contribution < -0.4 is 10.1 Å². The first-order chi connectivity index (χ1) is 14.4. The molecule has 0 aliphatic rings. The van der Waals surface area contributed by atoms with Crippen molar-refractivity contribution in [3.8, 4) is 11.8 Å². The van der Waals surface area contributed by atoms with Crippen LogP contribution in [-0.4, -0.2) is 37.1 Å². The molecule has 0 fully saturated rings. The molecule has 0 radical (unpaired) electrons. The molecule has 0 saturated carbocycles. The van der Waals surface area contributed by atoms with E-state index in [1.807, 2.05) is 51.4 Å². The summed E-state index contributed by atoms with van der Waals surface area (Å²) < 4.78 is 5.79. The summed E-state index contributed by atoms with van der Waals surface area (Å²) in [5.41, 5.74) is 3.89. The average Bonchev–Trinajstić information content (AvgIpc) is 2.72. The molecule has 1 unspecified atom stereocenters. The zero-order valence-electron chi connectivity index (χ0n) is 18.5. The monoisotopic (exact) mass is 404 g/mol. The van der Waals surface area contributed by atoms with Gasteiger partial charge in [-0.25, -0.2) is 0 Å². The molecule has 0 amide bonds. The molecular weight excluding hydrogens is 372 g/mol. The molecule has 2 rings (SSSR count). The van der Waals surface area contributed by atoms with Crippen molar-refractivity contribution in [1.82, 2.24) is 15.2 Å². The first-order valence-corrected chi connectivity index (χ1v) is 10.3. The third-order valence-corrected chi connectivity index (χ3v) is 4.66. The summed E-state index contributed by atoms with van der Waals surface area (Å²) in [6.45, 7) is 9.72. The molecule has 1 heterocycles. The highest BCUT2D eigenvalue weighted by Crippen LogP contribution is 2.24. The minimum Gasteiger partial charge on any atom is -0.492 e. The van der Waals surface area contributed by atoms with E-state index >= 15 is 0 Å². The summed E-state index contributed by atoms with van der Waals surface area (Å²) in [6, 6.07) is 16.2. The van der Waals surface area contributed by atoms with Crippen LogP contribution in [0.3, 0.4) is 0 Å². The Balaban J connectivity index is 2.10. The smallest absolute Gasteiger partial charge is 0.119 e. The predicted octanol–water partition coefficient (Wildman–Crippen LogP) is 4.88. The van der Waals surface area contributed by atoms with Crippen LogP contribution in [0.5, 0.6) is 5.75 Å². The lowest BCUT2D eigenvalue weighted by Crippen LogP contribution is -2.21. The zero-order chi connectivity index (χ0) is 21.9. The summed E-state index contributed by atoms with van der Waals surface area (Å²) in [5, 5.41) is 13.1. The zero-order valence-corrected chi connectivity index (χ0v) is 18.5. The Kier molecular flexibility index (Phi) is 9.11. The standard InChI is InChI=1S/C25H32N4O/c1-6-8-25(21-11-13-24(14-12-21)30-16-15-29(4)5)28-20(3)22(18-26)17-23-10-7-9-19(2)27-23/h7,9-14,17,25,28H,3,6,8,15-16H2,1-2,4-5H3/b22-17+. The molecule has 0 bridgehead atoms. The van der Waals surface area contributed by atoms with Crippen molar-refractivity contribution in [3.05, 3.63) is 77.3 Å². The number of likely N-dealkylation sites (N-methyl/N-ethyl adjacent to an activating group) is 1. The van der Waals surface area contributed by atoms with Crippen molar-refractivity contribution in [1.29, 1.82) is 5.26 Å². The fourth-order valence-electron chi connectivity index (χ4n) is 3.02. The van der Waals surface area contributed by atoms with Crippen molar-refractivity contribution in [2.24, 2.45) is 0 Å². The van der Waals surface area contributed by atoms with Crippen LogP contribution in [-0.2, 0) is 0 Å². The topological polar surface area (TPSA) is 61.2 Å². The number of pyridine rings is 1. The van der Waals surface area contributed by atoms with Crippen molar-refractivity contribution in [3.63, 3.8) is 0 Å². The first-order valence-electron chi connectivity index (χ1n) is 10.3. The Morgan fingerprint density at radius 2 is 2.00 bits per heavy atom.